The molecule has 0 bridgehead atoms. The van der Waals surface area contributed by atoms with Crippen molar-refractivity contribution in [1.29, 1.82) is 0 Å². The van der Waals surface area contributed by atoms with Crippen LogP contribution >= 0.6 is 0 Å². The zero-order valence-corrected chi connectivity index (χ0v) is 12.4. The van der Waals surface area contributed by atoms with Crippen molar-refractivity contribution in [3.63, 3.8) is 0 Å². The fourth-order valence-corrected chi connectivity index (χ4v) is 2.19. The Kier molecular flexibility index (Phi) is 4.59. The van der Waals surface area contributed by atoms with Gasteiger partial charge in [-0.3, -0.25) is 4.98 Å². The van der Waals surface area contributed by atoms with E-state index in [1.165, 1.54) is 0 Å². The highest BCUT2D eigenvalue weighted by atomic mass is 19.1. The van der Waals surface area contributed by atoms with Crippen LogP contribution in [0.5, 0.6) is 5.75 Å². The van der Waals surface area contributed by atoms with Crippen LogP contribution in [0.4, 0.5) is 4.39 Å². The molecule has 0 aliphatic rings. The van der Waals surface area contributed by atoms with Gasteiger partial charge >= 0.3 is 0 Å². The average Bonchev–Trinajstić information content (AvgIpc) is 2.63. The molecule has 4 nitrogen and oxygen atoms in total. The third kappa shape index (κ3) is 3.52. The summed E-state index contributed by atoms with van der Waals surface area (Å²) in [6.07, 6.45) is 3.97. The van der Waals surface area contributed by atoms with Gasteiger partial charge in [-0.2, -0.15) is 0 Å². The van der Waals surface area contributed by atoms with E-state index in [0.717, 1.165) is 22.2 Å². The summed E-state index contributed by atoms with van der Waals surface area (Å²) < 4.78 is 18.0. The molecule has 0 atom stereocenters. The summed E-state index contributed by atoms with van der Waals surface area (Å²) in [5, 5.41) is 0.957. The van der Waals surface area contributed by atoms with E-state index < -0.39 is 0 Å². The Morgan fingerprint density at radius 2 is 1.96 bits per heavy atom. The average molecular weight is 309 g/mol. The van der Waals surface area contributed by atoms with Crippen LogP contribution in [0.1, 0.15) is 0 Å². The third-order valence-electron chi connectivity index (χ3n) is 3.48. The van der Waals surface area contributed by atoms with Gasteiger partial charge in [-0.15, -0.1) is 0 Å². The molecule has 0 amide bonds. The Balaban J connectivity index is 1.84. The van der Waals surface area contributed by atoms with Crippen molar-refractivity contribution in [3.8, 4) is 17.0 Å². The normalized spacial score (nSPS) is 11.7. The molecule has 0 radical (unpaired) electrons. The maximum atomic E-state index is 12.5. The molecule has 3 aromatic rings. The quantitative estimate of drug-likeness (QED) is 0.783. The Hall–Kier alpha value is -2.79. The number of ether oxygens (including phenoxy) is 1. The molecular weight excluding hydrogens is 293 g/mol. The minimum absolute atomic E-state index is 0.140. The molecule has 0 saturated heterocycles. The second-order valence-corrected chi connectivity index (χ2v) is 5.05. The van der Waals surface area contributed by atoms with E-state index >= 15 is 0 Å². The van der Waals surface area contributed by atoms with E-state index in [9.17, 15) is 4.39 Å². The van der Waals surface area contributed by atoms with E-state index in [2.05, 4.69) is 9.97 Å². The van der Waals surface area contributed by atoms with Gasteiger partial charge in [-0.05, 0) is 36.4 Å². The summed E-state index contributed by atoms with van der Waals surface area (Å²) in [6.45, 7) is 0.280. The summed E-state index contributed by atoms with van der Waals surface area (Å²) in [5.74, 6) is 0.656. The number of hydrogen-bond acceptors (Lipinski definition) is 4. The van der Waals surface area contributed by atoms with Gasteiger partial charge in [0.1, 0.15) is 12.4 Å². The standard InChI is InChI=1S/C18H16FN3O/c19-10-13(11-20)12-23-16-2-4-18-15(9-16)1-3-17(22-18)14-5-7-21-8-6-14/h1-10H,11-12,20H2/b13-10+. The van der Waals surface area contributed by atoms with Gasteiger partial charge in [0.05, 0.1) is 17.5 Å². The first-order chi connectivity index (χ1) is 11.3. The number of nitrogens with two attached hydrogens (primary N) is 1. The van der Waals surface area contributed by atoms with Crippen LogP contribution in [0.25, 0.3) is 22.2 Å². The van der Waals surface area contributed by atoms with Gasteiger partial charge in [-0.1, -0.05) is 6.07 Å². The molecule has 2 N–H and O–H groups in total. The smallest absolute Gasteiger partial charge is 0.120 e. The number of fused-ring (bicyclic) bond motifs is 1. The lowest BCUT2D eigenvalue weighted by Crippen LogP contribution is -2.10. The molecule has 23 heavy (non-hydrogen) atoms. The lowest BCUT2D eigenvalue weighted by Gasteiger charge is -2.09. The lowest BCUT2D eigenvalue weighted by molar-refractivity contribution is 0.348. The number of benzene rings is 1. The zero-order valence-electron chi connectivity index (χ0n) is 12.4. The molecular formula is C18H16FN3O. The van der Waals surface area contributed by atoms with Crippen molar-refractivity contribution in [1.82, 2.24) is 9.97 Å². The molecule has 5 heteroatoms. The number of nitrogens with zero attached hydrogens (tertiary/aromatic N) is 2. The van der Waals surface area contributed by atoms with E-state index in [4.69, 9.17) is 10.5 Å². The first-order valence-corrected chi connectivity index (χ1v) is 7.22. The van der Waals surface area contributed by atoms with Crippen molar-refractivity contribution < 1.29 is 9.13 Å². The van der Waals surface area contributed by atoms with Crippen molar-refractivity contribution >= 4 is 10.9 Å². The third-order valence-corrected chi connectivity index (χ3v) is 3.48. The van der Waals surface area contributed by atoms with Crippen molar-refractivity contribution in [3.05, 3.63) is 66.8 Å². The molecule has 3 rings (SSSR count). The SMILES string of the molecule is NC/C(=C\F)COc1ccc2nc(-c3ccncc3)ccc2c1. The molecule has 2 aromatic heterocycles. The minimum atomic E-state index is 0.140. The summed E-state index contributed by atoms with van der Waals surface area (Å²) in [5.41, 5.74) is 8.59. The number of halogens is 1. The van der Waals surface area contributed by atoms with Gasteiger partial charge in [0.25, 0.3) is 0 Å². The highest BCUT2D eigenvalue weighted by Crippen LogP contribution is 2.24. The van der Waals surface area contributed by atoms with Crippen LogP contribution in [0.15, 0.2) is 66.8 Å². The minimum Gasteiger partial charge on any atom is -0.489 e. The molecule has 0 saturated carbocycles. The highest BCUT2D eigenvalue weighted by molar-refractivity contribution is 5.82. The van der Waals surface area contributed by atoms with Gasteiger partial charge in [-0.25, -0.2) is 9.37 Å². The second-order valence-electron chi connectivity index (χ2n) is 5.05. The number of hydrogen-bond donors (Lipinski definition) is 1. The fraction of sp³-hybridized carbons (Fsp3) is 0.111. The first-order valence-electron chi connectivity index (χ1n) is 7.22. The van der Waals surface area contributed by atoms with Crippen LogP contribution in [-0.2, 0) is 0 Å². The maximum absolute atomic E-state index is 12.5. The van der Waals surface area contributed by atoms with Crippen molar-refractivity contribution in [2.75, 3.05) is 13.2 Å². The molecule has 116 valence electrons. The Morgan fingerprint density at radius 1 is 1.13 bits per heavy atom. The highest BCUT2D eigenvalue weighted by Gasteiger charge is 2.04. The molecule has 2 heterocycles. The van der Waals surface area contributed by atoms with Crippen LogP contribution < -0.4 is 10.5 Å². The van der Waals surface area contributed by atoms with Crippen molar-refractivity contribution in [2.45, 2.75) is 0 Å². The first kappa shape index (κ1) is 15.1. The summed E-state index contributed by atoms with van der Waals surface area (Å²) in [7, 11) is 0. The van der Waals surface area contributed by atoms with Gasteiger partial charge in [0, 0.05) is 35.5 Å². The summed E-state index contributed by atoms with van der Waals surface area (Å²) in [6, 6.07) is 13.4. The zero-order chi connectivity index (χ0) is 16.1. The van der Waals surface area contributed by atoms with Gasteiger partial charge in [0.15, 0.2) is 0 Å². The second kappa shape index (κ2) is 6.98. The number of rotatable bonds is 5. The van der Waals surface area contributed by atoms with Crippen LogP contribution in [0.2, 0.25) is 0 Å². The van der Waals surface area contributed by atoms with Gasteiger partial charge < -0.3 is 10.5 Å². The molecule has 0 spiro atoms. The van der Waals surface area contributed by atoms with Crippen LogP contribution in [0.3, 0.4) is 0 Å². The molecule has 0 aliphatic carbocycles. The molecule has 0 fully saturated rings. The Morgan fingerprint density at radius 3 is 2.70 bits per heavy atom. The predicted octanol–water partition coefficient (Wildman–Crippen LogP) is 3.49. The topological polar surface area (TPSA) is 61.0 Å². The lowest BCUT2D eigenvalue weighted by atomic mass is 10.1. The molecule has 0 aliphatic heterocycles. The maximum Gasteiger partial charge on any atom is 0.120 e. The monoisotopic (exact) mass is 309 g/mol. The summed E-state index contributed by atoms with van der Waals surface area (Å²) >= 11 is 0. The number of pyridine rings is 2. The van der Waals surface area contributed by atoms with Crippen LogP contribution in [0, 0.1) is 0 Å². The Labute approximate surface area is 133 Å². The molecule has 1 aromatic carbocycles. The van der Waals surface area contributed by atoms with Gasteiger partial charge in [0.2, 0.25) is 0 Å². The fourth-order valence-electron chi connectivity index (χ4n) is 2.19. The van der Waals surface area contributed by atoms with Crippen molar-refractivity contribution in [2.24, 2.45) is 5.73 Å². The summed E-state index contributed by atoms with van der Waals surface area (Å²) in [4.78, 5) is 8.65. The van der Waals surface area contributed by atoms with E-state index in [1.807, 2.05) is 42.5 Å². The molecule has 0 unspecified atom stereocenters. The Bertz CT molecular complexity index is 834. The predicted molar refractivity (Wildman–Crippen MR) is 88.7 cm³/mol. The largest absolute Gasteiger partial charge is 0.489 e. The van der Waals surface area contributed by atoms with Crippen LogP contribution in [-0.4, -0.2) is 23.1 Å². The number of aromatic nitrogens is 2. The van der Waals surface area contributed by atoms with E-state index in [-0.39, 0.29) is 13.2 Å². The van der Waals surface area contributed by atoms with E-state index in [0.29, 0.717) is 17.7 Å². The van der Waals surface area contributed by atoms with E-state index in [1.54, 1.807) is 12.4 Å².